The Balaban J connectivity index is 3.12. The molecule has 0 aliphatic heterocycles. The summed E-state index contributed by atoms with van der Waals surface area (Å²) in [6, 6.07) is 1.96. The van der Waals surface area contributed by atoms with Gasteiger partial charge in [0.2, 0.25) is 5.43 Å². The van der Waals surface area contributed by atoms with E-state index in [9.17, 15) is 13.6 Å². The van der Waals surface area contributed by atoms with Crippen LogP contribution in [0, 0.1) is 22.1 Å². The van der Waals surface area contributed by atoms with Crippen LogP contribution in [0.3, 0.4) is 0 Å². The molecule has 0 radical (unpaired) electrons. The van der Waals surface area contributed by atoms with Gasteiger partial charge < -0.3 is 4.98 Å². The van der Waals surface area contributed by atoms with E-state index in [1.165, 1.54) is 0 Å². The highest BCUT2D eigenvalue weighted by Gasteiger charge is 2.13. The first-order valence-corrected chi connectivity index (χ1v) is 5.26. The first-order chi connectivity index (χ1) is 7.02. The average molecular weight is 321 g/mol. The van der Waals surface area contributed by atoms with Crippen molar-refractivity contribution in [2.24, 2.45) is 0 Å². The zero-order valence-electron chi connectivity index (χ0n) is 7.70. The molecule has 0 aliphatic rings. The van der Waals surface area contributed by atoms with Gasteiger partial charge in [-0.3, -0.25) is 4.79 Å². The summed E-state index contributed by atoms with van der Waals surface area (Å²) in [5.74, 6) is -1.33. The lowest BCUT2D eigenvalue weighted by atomic mass is 10.2. The van der Waals surface area contributed by atoms with Gasteiger partial charge in [0.05, 0.1) is 14.5 Å². The Morgan fingerprint density at radius 3 is 2.53 bits per heavy atom. The van der Waals surface area contributed by atoms with Crippen molar-refractivity contribution >= 4 is 33.5 Å². The van der Waals surface area contributed by atoms with Gasteiger partial charge in [0.15, 0.2) is 0 Å². The molecule has 0 fully saturated rings. The summed E-state index contributed by atoms with van der Waals surface area (Å²) >= 11 is 1.81. The van der Waals surface area contributed by atoms with Crippen LogP contribution in [-0.4, -0.2) is 4.98 Å². The standard InChI is InChI=1S/C10H6F2INO/c1-4-8(13)10(15)7-5(11)2-3-6(12)9(7)14-4/h2-3H,1H3,(H,14,15). The summed E-state index contributed by atoms with van der Waals surface area (Å²) in [5, 5.41) is -0.218. The van der Waals surface area contributed by atoms with Crippen LogP contribution in [0.4, 0.5) is 8.78 Å². The predicted octanol–water partition coefficient (Wildman–Crippen LogP) is 2.72. The number of hydrogen-bond donors (Lipinski definition) is 1. The molecule has 0 bridgehead atoms. The van der Waals surface area contributed by atoms with Crippen LogP contribution in [-0.2, 0) is 0 Å². The first kappa shape index (κ1) is 10.5. The number of pyridine rings is 1. The molecule has 2 rings (SSSR count). The lowest BCUT2D eigenvalue weighted by Crippen LogP contribution is -2.12. The van der Waals surface area contributed by atoms with E-state index in [-0.39, 0.29) is 10.9 Å². The Kier molecular flexibility index (Phi) is 2.49. The molecule has 1 aromatic heterocycles. The van der Waals surface area contributed by atoms with Crippen molar-refractivity contribution in [3.63, 3.8) is 0 Å². The van der Waals surface area contributed by atoms with Gasteiger partial charge in [0.1, 0.15) is 11.6 Å². The molecule has 1 heterocycles. The van der Waals surface area contributed by atoms with Crippen LogP contribution in [0.5, 0.6) is 0 Å². The largest absolute Gasteiger partial charge is 0.355 e. The van der Waals surface area contributed by atoms with Crippen molar-refractivity contribution in [3.05, 3.63) is 43.3 Å². The zero-order chi connectivity index (χ0) is 11.2. The third-order valence-corrected chi connectivity index (χ3v) is 3.47. The van der Waals surface area contributed by atoms with E-state index in [4.69, 9.17) is 0 Å². The lowest BCUT2D eigenvalue weighted by molar-refractivity contribution is 0.614. The van der Waals surface area contributed by atoms with Gasteiger partial charge in [-0.1, -0.05) is 0 Å². The number of nitrogens with one attached hydrogen (secondary N) is 1. The van der Waals surface area contributed by atoms with Gasteiger partial charge in [-0.15, -0.1) is 0 Å². The second-order valence-corrected chi connectivity index (χ2v) is 4.25. The number of H-pyrrole nitrogens is 1. The van der Waals surface area contributed by atoms with Crippen molar-refractivity contribution in [2.75, 3.05) is 0 Å². The molecule has 5 heteroatoms. The van der Waals surface area contributed by atoms with Crippen LogP contribution >= 0.6 is 22.6 Å². The molecular weight excluding hydrogens is 315 g/mol. The third-order valence-electron chi connectivity index (χ3n) is 2.17. The van der Waals surface area contributed by atoms with Crippen molar-refractivity contribution in [2.45, 2.75) is 6.92 Å². The van der Waals surface area contributed by atoms with Crippen molar-refractivity contribution in [3.8, 4) is 0 Å². The molecule has 0 saturated carbocycles. The maximum absolute atomic E-state index is 13.3. The molecule has 0 aliphatic carbocycles. The fraction of sp³-hybridized carbons (Fsp3) is 0.100. The molecule has 0 amide bonds. The molecule has 15 heavy (non-hydrogen) atoms. The van der Waals surface area contributed by atoms with Gasteiger partial charge in [-0.2, -0.15) is 0 Å². The molecule has 2 aromatic rings. The molecular formula is C10H6F2INO. The van der Waals surface area contributed by atoms with Crippen LogP contribution in [0.2, 0.25) is 0 Å². The molecule has 78 valence electrons. The van der Waals surface area contributed by atoms with Gasteiger partial charge in [-0.25, -0.2) is 8.78 Å². The van der Waals surface area contributed by atoms with E-state index in [2.05, 4.69) is 4.98 Å². The van der Waals surface area contributed by atoms with Crippen molar-refractivity contribution < 1.29 is 8.78 Å². The van der Waals surface area contributed by atoms with E-state index in [1.807, 2.05) is 22.6 Å². The summed E-state index contributed by atoms with van der Waals surface area (Å²) in [4.78, 5) is 14.4. The van der Waals surface area contributed by atoms with Crippen LogP contribution in [0.15, 0.2) is 16.9 Å². The SMILES string of the molecule is Cc1[nH]c2c(F)ccc(F)c2c(=O)c1I. The van der Waals surface area contributed by atoms with E-state index >= 15 is 0 Å². The second kappa shape index (κ2) is 3.55. The number of benzene rings is 1. The predicted molar refractivity (Wildman–Crippen MR) is 61.9 cm³/mol. The Morgan fingerprint density at radius 2 is 1.87 bits per heavy atom. The Morgan fingerprint density at radius 1 is 1.27 bits per heavy atom. The number of aryl methyl sites for hydroxylation is 1. The van der Waals surface area contributed by atoms with Crippen LogP contribution in [0.25, 0.3) is 10.9 Å². The van der Waals surface area contributed by atoms with Gasteiger partial charge in [0, 0.05) is 5.69 Å². The van der Waals surface area contributed by atoms with Crippen molar-refractivity contribution in [1.29, 1.82) is 0 Å². The van der Waals surface area contributed by atoms with E-state index in [0.29, 0.717) is 9.26 Å². The molecule has 0 unspecified atom stereocenters. The maximum atomic E-state index is 13.3. The summed E-state index contributed by atoms with van der Waals surface area (Å²) < 4.78 is 27.0. The lowest BCUT2D eigenvalue weighted by Gasteiger charge is -2.04. The molecule has 1 aromatic carbocycles. The molecule has 2 nitrogen and oxygen atoms in total. The summed E-state index contributed by atoms with van der Waals surface area (Å²) in [6.07, 6.45) is 0. The highest BCUT2D eigenvalue weighted by atomic mass is 127. The zero-order valence-corrected chi connectivity index (χ0v) is 9.85. The normalized spacial score (nSPS) is 10.9. The highest BCUT2D eigenvalue weighted by Crippen LogP contribution is 2.18. The highest BCUT2D eigenvalue weighted by molar-refractivity contribution is 14.1. The van der Waals surface area contributed by atoms with E-state index in [1.54, 1.807) is 6.92 Å². The molecule has 0 spiro atoms. The Labute approximate surface area is 97.5 Å². The minimum absolute atomic E-state index is 0.0714. The van der Waals surface area contributed by atoms with Gasteiger partial charge in [0.25, 0.3) is 0 Å². The quantitative estimate of drug-likeness (QED) is 0.744. The molecule has 0 saturated heterocycles. The van der Waals surface area contributed by atoms with E-state index in [0.717, 1.165) is 12.1 Å². The topological polar surface area (TPSA) is 32.9 Å². The first-order valence-electron chi connectivity index (χ1n) is 4.18. The van der Waals surface area contributed by atoms with Crippen LogP contribution < -0.4 is 5.43 Å². The third kappa shape index (κ3) is 1.54. The number of hydrogen-bond acceptors (Lipinski definition) is 1. The second-order valence-electron chi connectivity index (χ2n) is 3.17. The van der Waals surface area contributed by atoms with Gasteiger partial charge >= 0.3 is 0 Å². The van der Waals surface area contributed by atoms with E-state index < -0.39 is 17.1 Å². The number of halogens is 3. The van der Waals surface area contributed by atoms with Gasteiger partial charge in [-0.05, 0) is 41.6 Å². The van der Waals surface area contributed by atoms with Crippen molar-refractivity contribution in [1.82, 2.24) is 4.98 Å². The molecule has 0 atom stereocenters. The number of rotatable bonds is 0. The minimum Gasteiger partial charge on any atom is -0.355 e. The Hall–Kier alpha value is -0.980. The number of aromatic nitrogens is 1. The maximum Gasteiger partial charge on any atom is 0.206 e. The number of fused-ring (bicyclic) bond motifs is 1. The monoisotopic (exact) mass is 321 g/mol. The minimum atomic E-state index is -0.703. The molecule has 1 N–H and O–H groups in total. The summed E-state index contributed by atoms with van der Waals surface area (Å²) in [7, 11) is 0. The Bertz CT molecular complexity index is 606. The number of aromatic amines is 1. The summed E-state index contributed by atoms with van der Waals surface area (Å²) in [6.45, 7) is 1.65. The smallest absolute Gasteiger partial charge is 0.206 e. The fourth-order valence-corrected chi connectivity index (χ4v) is 1.82. The average Bonchev–Trinajstić information content (AvgIpc) is 2.20. The fourth-order valence-electron chi connectivity index (χ4n) is 1.42. The summed E-state index contributed by atoms with van der Waals surface area (Å²) in [5.41, 5.74) is -0.00522. The van der Waals surface area contributed by atoms with Crippen LogP contribution in [0.1, 0.15) is 5.69 Å².